The fraction of sp³-hybridized carbons (Fsp3) is 0.240. The van der Waals surface area contributed by atoms with Crippen LogP contribution in [0.15, 0.2) is 78.0 Å². The van der Waals surface area contributed by atoms with Crippen molar-refractivity contribution in [2.24, 2.45) is 5.10 Å². The van der Waals surface area contributed by atoms with Crippen molar-refractivity contribution >= 4 is 17.8 Å². The Morgan fingerprint density at radius 1 is 1.03 bits per heavy atom. The number of ether oxygens (including phenoxy) is 1. The van der Waals surface area contributed by atoms with E-state index in [1.54, 1.807) is 13.3 Å². The molecule has 0 aliphatic carbocycles. The van der Waals surface area contributed by atoms with Crippen LogP contribution in [0, 0.1) is 0 Å². The quantitative estimate of drug-likeness (QED) is 0.462. The fourth-order valence-electron chi connectivity index (χ4n) is 3.73. The Morgan fingerprint density at radius 2 is 1.78 bits per heavy atom. The van der Waals surface area contributed by atoms with E-state index in [1.807, 2.05) is 60.7 Å². The molecule has 1 N–H and O–H groups in total. The van der Waals surface area contributed by atoms with Crippen molar-refractivity contribution in [2.75, 3.05) is 38.2 Å². The summed E-state index contributed by atoms with van der Waals surface area (Å²) in [6.45, 7) is 4.72. The number of pyridine rings is 1. The lowest BCUT2D eigenvalue weighted by atomic mass is 10.1. The number of hydrazone groups is 1. The van der Waals surface area contributed by atoms with E-state index in [0.717, 1.165) is 44.2 Å². The number of nitrogens with zero attached hydrogens (tertiary/aromatic N) is 4. The molecule has 2 heterocycles. The number of hydrogen-bond acceptors (Lipinski definition) is 6. The van der Waals surface area contributed by atoms with Crippen molar-refractivity contribution in [3.05, 3.63) is 89.7 Å². The highest BCUT2D eigenvalue weighted by molar-refractivity contribution is 5.94. The average Bonchev–Trinajstić information content (AvgIpc) is 2.85. The lowest BCUT2D eigenvalue weighted by molar-refractivity contribution is 0.0955. The number of amides is 1. The third-order valence-corrected chi connectivity index (χ3v) is 5.47. The van der Waals surface area contributed by atoms with Gasteiger partial charge in [0, 0.05) is 44.5 Å². The Kier molecular flexibility index (Phi) is 7.09. The predicted octanol–water partition coefficient (Wildman–Crippen LogP) is 3.18. The number of piperazine rings is 1. The normalized spacial score (nSPS) is 14.5. The van der Waals surface area contributed by atoms with Gasteiger partial charge in [0.1, 0.15) is 5.75 Å². The Balaban J connectivity index is 1.27. The number of nitrogens with one attached hydrogen (secondary N) is 1. The van der Waals surface area contributed by atoms with E-state index >= 15 is 0 Å². The number of methoxy groups -OCH3 is 1. The van der Waals surface area contributed by atoms with Crippen LogP contribution in [0.5, 0.6) is 5.75 Å². The first kappa shape index (κ1) is 21.5. The molecule has 2 aromatic carbocycles. The molecule has 0 radical (unpaired) electrons. The summed E-state index contributed by atoms with van der Waals surface area (Å²) < 4.78 is 5.50. The van der Waals surface area contributed by atoms with Crippen molar-refractivity contribution in [1.29, 1.82) is 0 Å². The third kappa shape index (κ3) is 5.50. The number of carbonyl (C=O) groups is 1. The van der Waals surface area contributed by atoms with Gasteiger partial charge in [-0.3, -0.25) is 14.7 Å². The molecule has 32 heavy (non-hydrogen) atoms. The van der Waals surface area contributed by atoms with E-state index in [1.165, 1.54) is 11.8 Å². The summed E-state index contributed by atoms with van der Waals surface area (Å²) in [5, 5.41) is 3.97. The minimum absolute atomic E-state index is 0.242. The number of aromatic nitrogens is 1. The minimum Gasteiger partial charge on any atom is -0.495 e. The molecule has 1 aliphatic heterocycles. The third-order valence-electron chi connectivity index (χ3n) is 5.47. The fourth-order valence-corrected chi connectivity index (χ4v) is 3.73. The van der Waals surface area contributed by atoms with Gasteiger partial charge < -0.3 is 9.64 Å². The van der Waals surface area contributed by atoms with Crippen molar-refractivity contribution in [2.45, 2.75) is 6.54 Å². The summed E-state index contributed by atoms with van der Waals surface area (Å²) in [7, 11) is 1.71. The van der Waals surface area contributed by atoms with E-state index in [0.29, 0.717) is 11.3 Å². The number of benzene rings is 2. The molecule has 7 nitrogen and oxygen atoms in total. The first-order valence-electron chi connectivity index (χ1n) is 10.7. The van der Waals surface area contributed by atoms with Crippen LogP contribution >= 0.6 is 0 Å². The maximum atomic E-state index is 12.3. The number of para-hydroxylation sites is 2. The zero-order valence-corrected chi connectivity index (χ0v) is 18.1. The predicted molar refractivity (Wildman–Crippen MR) is 126 cm³/mol. The highest BCUT2D eigenvalue weighted by Crippen LogP contribution is 2.28. The van der Waals surface area contributed by atoms with Gasteiger partial charge in [-0.2, -0.15) is 5.10 Å². The van der Waals surface area contributed by atoms with Crippen LogP contribution in [-0.2, 0) is 6.54 Å². The summed E-state index contributed by atoms with van der Waals surface area (Å²) in [6.07, 6.45) is 3.21. The van der Waals surface area contributed by atoms with Crippen LogP contribution in [0.3, 0.4) is 0 Å². The van der Waals surface area contributed by atoms with Crippen LogP contribution in [0.25, 0.3) is 0 Å². The zero-order chi connectivity index (χ0) is 22.2. The second kappa shape index (κ2) is 10.5. The molecule has 1 aromatic heterocycles. The summed E-state index contributed by atoms with van der Waals surface area (Å²) >= 11 is 0. The van der Waals surface area contributed by atoms with E-state index in [2.05, 4.69) is 31.4 Å². The molecule has 0 atom stereocenters. The van der Waals surface area contributed by atoms with Crippen molar-refractivity contribution in [3.63, 3.8) is 0 Å². The van der Waals surface area contributed by atoms with E-state index in [9.17, 15) is 4.79 Å². The second-order valence-electron chi connectivity index (χ2n) is 7.59. The summed E-state index contributed by atoms with van der Waals surface area (Å²) in [6, 6.07) is 21.4. The van der Waals surface area contributed by atoms with Gasteiger partial charge in [0.15, 0.2) is 0 Å². The Morgan fingerprint density at radius 3 is 2.50 bits per heavy atom. The van der Waals surface area contributed by atoms with Crippen LogP contribution in [0.4, 0.5) is 5.69 Å². The average molecular weight is 430 g/mol. The Labute approximate surface area is 188 Å². The molecule has 1 fully saturated rings. The SMILES string of the molecule is COc1ccccc1N1CCN(Cc2ccc(C(=O)N/N=C\c3ccccn3)cc2)CC1. The van der Waals surface area contributed by atoms with E-state index < -0.39 is 0 Å². The number of rotatable bonds is 7. The van der Waals surface area contributed by atoms with Gasteiger partial charge in [0.2, 0.25) is 0 Å². The molecule has 0 bridgehead atoms. The van der Waals surface area contributed by atoms with Crippen molar-refractivity contribution in [3.8, 4) is 5.75 Å². The van der Waals surface area contributed by atoms with Gasteiger partial charge in [-0.05, 0) is 42.0 Å². The molecular weight excluding hydrogens is 402 g/mol. The molecule has 4 rings (SSSR count). The largest absolute Gasteiger partial charge is 0.495 e. The molecule has 0 saturated carbocycles. The molecule has 1 aliphatic rings. The Bertz CT molecular complexity index is 1050. The minimum atomic E-state index is -0.242. The molecule has 1 amide bonds. The number of anilines is 1. The maximum absolute atomic E-state index is 12.3. The lowest BCUT2D eigenvalue weighted by Crippen LogP contribution is -2.46. The van der Waals surface area contributed by atoms with Crippen LogP contribution < -0.4 is 15.1 Å². The summed E-state index contributed by atoms with van der Waals surface area (Å²) in [5.41, 5.74) is 6.14. The molecule has 1 saturated heterocycles. The number of hydrogen-bond donors (Lipinski definition) is 1. The van der Waals surface area contributed by atoms with Gasteiger partial charge in [-0.25, -0.2) is 5.43 Å². The van der Waals surface area contributed by atoms with Gasteiger partial charge in [-0.15, -0.1) is 0 Å². The molecule has 7 heteroatoms. The van der Waals surface area contributed by atoms with Crippen LogP contribution in [0.2, 0.25) is 0 Å². The molecule has 164 valence electrons. The lowest BCUT2D eigenvalue weighted by Gasteiger charge is -2.36. The maximum Gasteiger partial charge on any atom is 0.271 e. The zero-order valence-electron chi connectivity index (χ0n) is 18.1. The van der Waals surface area contributed by atoms with Gasteiger partial charge in [0.25, 0.3) is 5.91 Å². The first-order valence-corrected chi connectivity index (χ1v) is 10.7. The van der Waals surface area contributed by atoms with Crippen molar-refractivity contribution < 1.29 is 9.53 Å². The van der Waals surface area contributed by atoms with Gasteiger partial charge >= 0.3 is 0 Å². The first-order chi connectivity index (χ1) is 15.7. The van der Waals surface area contributed by atoms with Gasteiger partial charge in [-0.1, -0.05) is 30.3 Å². The molecular formula is C25H27N5O2. The molecule has 0 unspecified atom stereocenters. The van der Waals surface area contributed by atoms with Crippen LogP contribution in [-0.4, -0.2) is 55.3 Å². The molecule has 3 aromatic rings. The highest BCUT2D eigenvalue weighted by atomic mass is 16.5. The Hall–Kier alpha value is -3.71. The van der Waals surface area contributed by atoms with Crippen LogP contribution in [0.1, 0.15) is 21.6 Å². The standard InChI is InChI=1S/C25H27N5O2/c1-32-24-8-3-2-7-23(24)30-16-14-29(15-17-30)19-20-9-11-21(12-10-20)25(31)28-27-18-22-6-4-5-13-26-22/h2-13,18H,14-17,19H2,1H3,(H,28,31)/b27-18-. The number of carbonyl (C=O) groups excluding carboxylic acids is 1. The smallest absolute Gasteiger partial charge is 0.271 e. The summed E-state index contributed by atoms with van der Waals surface area (Å²) in [4.78, 5) is 21.2. The van der Waals surface area contributed by atoms with Crippen molar-refractivity contribution in [1.82, 2.24) is 15.3 Å². The second-order valence-corrected chi connectivity index (χ2v) is 7.59. The monoisotopic (exact) mass is 429 g/mol. The van der Waals surface area contributed by atoms with E-state index in [4.69, 9.17) is 4.74 Å². The van der Waals surface area contributed by atoms with Gasteiger partial charge in [0.05, 0.1) is 24.7 Å². The summed E-state index contributed by atoms with van der Waals surface area (Å²) in [5.74, 6) is 0.674. The molecule has 0 spiro atoms. The topological polar surface area (TPSA) is 70.1 Å². The van der Waals surface area contributed by atoms with E-state index in [-0.39, 0.29) is 5.91 Å². The highest BCUT2D eigenvalue weighted by Gasteiger charge is 2.19.